The van der Waals surface area contributed by atoms with E-state index in [0.717, 1.165) is 32.1 Å². The molecular weight excluding hydrogens is 426 g/mol. The summed E-state index contributed by atoms with van der Waals surface area (Å²) in [6.45, 7) is 0.00683. The van der Waals surface area contributed by atoms with Gasteiger partial charge in [0.15, 0.2) is 0 Å². The minimum Gasteiger partial charge on any atom is -0.376 e. The SMILES string of the molecule is N#C[C@@H]1CSCN1C(=O)CNc1ccc(S(=O)(=O)NC(=O)NC2CCCCC2)cc1. The van der Waals surface area contributed by atoms with Gasteiger partial charge in [0, 0.05) is 17.5 Å². The van der Waals surface area contributed by atoms with Crippen molar-refractivity contribution in [1.82, 2.24) is 14.9 Å². The van der Waals surface area contributed by atoms with Crippen LogP contribution in [0.2, 0.25) is 0 Å². The number of carbonyl (C=O) groups excluding carboxylic acids is 2. The van der Waals surface area contributed by atoms with Crippen molar-refractivity contribution >= 4 is 39.4 Å². The fourth-order valence-corrected chi connectivity index (χ4v) is 5.49. The lowest BCUT2D eigenvalue weighted by molar-refractivity contribution is -0.128. The Morgan fingerprint density at radius 3 is 2.53 bits per heavy atom. The van der Waals surface area contributed by atoms with Crippen molar-refractivity contribution in [3.63, 3.8) is 0 Å². The normalized spacial score (nSPS) is 19.7. The van der Waals surface area contributed by atoms with Crippen LogP contribution in [0.1, 0.15) is 32.1 Å². The quantitative estimate of drug-likeness (QED) is 0.601. The molecule has 0 radical (unpaired) electrons. The molecule has 30 heavy (non-hydrogen) atoms. The maximum atomic E-state index is 12.4. The molecular formula is C19H25N5O4S2. The number of urea groups is 1. The van der Waals surface area contributed by atoms with Gasteiger partial charge in [-0.15, -0.1) is 11.8 Å². The number of nitriles is 1. The van der Waals surface area contributed by atoms with Gasteiger partial charge in [0.2, 0.25) is 5.91 Å². The van der Waals surface area contributed by atoms with E-state index in [1.165, 1.54) is 40.9 Å². The number of nitrogens with one attached hydrogen (secondary N) is 3. The van der Waals surface area contributed by atoms with E-state index in [0.29, 0.717) is 17.3 Å². The molecule has 1 saturated heterocycles. The number of amides is 3. The summed E-state index contributed by atoms with van der Waals surface area (Å²) >= 11 is 1.53. The first kappa shape index (κ1) is 22.2. The number of rotatable bonds is 6. The summed E-state index contributed by atoms with van der Waals surface area (Å²) in [5.74, 6) is 0.907. The Labute approximate surface area is 180 Å². The zero-order valence-electron chi connectivity index (χ0n) is 16.5. The topological polar surface area (TPSA) is 131 Å². The third kappa shape index (κ3) is 5.79. The monoisotopic (exact) mass is 451 g/mol. The van der Waals surface area contributed by atoms with Crippen molar-refractivity contribution in [3.05, 3.63) is 24.3 Å². The van der Waals surface area contributed by atoms with E-state index in [1.54, 1.807) is 0 Å². The van der Waals surface area contributed by atoms with Crippen LogP contribution in [0.15, 0.2) is 29.2 Å². The molecule has 1 aromatic rings. The van der Waals surface area contributed by atoms with E-state index < -0.39 is 22.1 Å². The van der Waals surface area contributed by atoms with Crippen molar-refractivity contribution in [1.29, 1.82) is 5.26 Å². The molecule has 0 spiro atoms. The van der Waals surface area contributed by atoms with Gasteiger partial charge in [-0.3, -0.25) is 4.79 Å². The van der Waals surface area contributed by atoms with Gasteiger partial charge in [0.1, 0.15) is 6.04 Å². The molecule has 0 bridgehead atoms. The van der Waals surface area contributed by atoms with E-state index in [9.17, 15) is 18.0 Å². The molecule has 0 aromatic heterocycles. The highest BCUT2D eigenvalue weighted by Crippen LogP contribution is 2.21. The highest BCUT2D eigenvalue weighted by molar-refractivity contribution is 7.99. The van der Waals surface area contributed by atoms with Crippen LogP contribution in [0.4, 0.5) is 10.5 Å². The molecule has 1 aliphatic heterocycles. The maximum absolute atomic E-state index is 12.4. The summed E-state index contributed by atoms with van der Waals surface area (Å²) < 4.78 is 26.9. The van der Waals surface area contributed by atoms with Crippen LogP contribution in [0.25, 0.3) is 0 Å². The minimum absolute atomic E-state index is 0.00683. The lowest BCUT2D eigenvalue weighted by Gasteiger charge is -2.22. The van der Waals surface area contributed by atoms with E-state index in [1.807, 2.05) is 4.72 Å². The number of anilines is 1. The Kier molecular flexibility index (Phi) is 7.44. The zero-order valence-corrected chi connectivity index (χ0v) is 18.1. The molecule has 2 aliphatic rings. The van der Waals surface area contributed by atoms with Gasteiger partial charge >= 0.3 is 6.03 Å². The molecule has 3 amide bonds. The first-order chi connectivity index (χ1) is 14.4. The zero-order chi connectivity index (χ0) is 21.6. The molecule has 1 aliphatic carbocycles. The first-order valence-electron chi connectivity index (χ1n) is 9.83. The van der Waals surface area contributed by atoms with E-state index in [2.05, 4.69) is 16.7 Å². The van der Waals surface area contributed by atoms with Crippen molar-refractivity contribution in [2.24, 2.45) is 0 Å². The number of hydrogen-bond acceptors (Lipinski definition) is 7. The standard InChI is InChI=1S/C19H25N5O4S2/c20-10-16-12-29-13-24(16)18(25)11-21-14-6-8-17(9-7-14)30(27,28)23-19(26)22-15-4-2-1-3-5-15/h6-9,15-16,21H,1-5,11-13H2,(H2,22,23,26)/t16-/m1/s1. The van der Waals surface area contributed by atoms with Crippen LogP contribution in [0, 0.1) is 11.3 Å². The molecule has 0 unspecified atom stereocenters. The number of nitrogens with zero attached hydrogens (tertiary/aromatic N) is 2. The minimum atomic E-state index is -3.99. The predicted molar refractivity (Wildman–Crippen MR) is 114 cm³/mol. The van der Waals surface area contributed by atoms with Crippen LogP contribution in [-0.4, -0.2) is 55.5 Å². The Morgan fingerprint density at radius 2 is 1.87 bits per heavy atom. The largest absolute Gasteiger partial charge is 0.376 e. The summed E-state index contributed by atoms with van der Waals surface area (Å²) in [6.07, 6.45) is 4.92. The Balaban J connectivity index is 1.51. The first-order valence-corrected chi connectivity index (χ1v) is 12.5. The smallest absolute Gasteiger partial charge is 0.328 e. The lowest BCUT2D eigenvalue weighted by atomic mass is 9.96. The fourth-order valence-electron chi connectivity index (χ4n) is 3.47. The van der Waals surface area contributed by atoms with E-state index >= 15 is 0 Å². The average molecular weight is 452 g/mol. The molecule has 3 N–H and O–H groups in total. The molecule has 3 rings (SSSR count). The molecule has 162 valence electrons. The molecule has 2 fully saturated rings. The van der Waals surface area contributed by atoms with Gasteiger partial charge in [-0.1, -0.05) is 19.3 Å². The van der Waals surface area contributed by atoms with Gasteiger partial charge in [-0.2, -0.15) is 5.26 Å². The highest BCUT2D eigenvalue weighted by Gasteiger charge is 2.28. The Morgan fingerprint density at radius 1 is 1.17 bits per heavy atom. The Bertz CT molecular complexity index is 908. The van der Waals surface area contributed by atoms with Crippen molar-refractivity contribution < 1.29 is 18.0 Å². The summed E-state index contributed by atoms with van der Waals surface area (Å²) in [7, 11) is -3.99. The average Bonchev–Trinajstić information content (AvgIpc) is 3.21. The summed E-state index contributed by atoms with van der Waals surface area (Å²) in [6, 6.07) is 6.78. The Hall–Kier alpha value is -2.45. The van der Waals surface area contributed by atoms with Crippen LogP contribution < -0.4 is 15.4 Å². The number of sulfonamides is 1. The van der Waals surface area contributed by atoms with Gasteiger partial charge < -0.3 is 15.5 Å². The second kappa shape index (κ2) is 10.0. The van der Waals surface area contributed by atoms with Crippen LogP contribution >= 0.6 is 11.8 Å². The molecule has 1 aromatic carbocycles. The van der Waals surface area contributed by atoms with E-state index in [4.69, 9.17) is 5.26 Å². The van der Waals surface area contributed by atoms with Crippen molar-refractivity contribution in [2.75, 3.05) is 23.5 Å². The number of carbonyl (C=O) groups is 2. The second-order valence-corrected chi connectivity index (χ2v) is 9.98. The third-order valence-corrected chi connectivity index (χ3v) is 7.49. The van der Waals surface area contributed by atoms with Crippen molar-refractivity contribution in [3.8, 4) is 6.07 Å². The summed E-state index contributed by atoms with van der Waals surface area (Å²) in [5.41, 5.74) is 0.564. The maximum Gasteiger partial charge on any atom is 0.328 e. The molecule has 1 saturated carbocycles. The van der Waals surface area contributed by atoms with E-state index in [-0.39, 0.29) is 23.4 Å². The number of benzene rings is 1. The molecule has 11 heteroatoms. The predicted octanol–water partition coefficient (Wildman–Crippen LogP) is 1.84. The van der Waals surface area contributed by atoms with Gasteiger partial charge in [0.05, 0.1) is 23.4 Å². The number of thioether (sulfide) groups is 1. The number of hydrogen-bond donors (Lipinski definition) is 3. The summed E-state index contributed by atoms with van der Waals surface area (Å²) in [5, 5.41) is 14.7. The van der Waals surface area contributed by atoms with Gasteiger partial charge in [-0.05, 0) is 37.1 Å². The fraction of sp³-hybridized carbons (Fsp3) is 0.526. The van der Waals surface area contributed by atoms with Crippen LogP contribution in [0.3, 0.4) is 0 Å². The second-order valence-electron chi connectivity index (χ2n) is 7.30. The molecule has 1 atom stereocenters. The van der Waals surface area contributed by atoms with Gasteiger partial charge in [0.25, 0.3) is 10.0 Å². The molecule has 9 nitrogen and oxygen atoms in total. The van der Waals surface area contributed by atoms with Gasteiger partial charge in [-0.25, -0.2) is 17.9 Å². The molecule has 1 heterocycles. The lowest BCUT2D eigenvalue weighted by Crippen LogP contribution is -2.45. The summed E-state index contributed by atoms with van der Waals surface area (Å²) in [4.78, 5) is 25.8. The van der Waals surface area contributed by atoms with Crippen molar-refractivity contribution in [2.45, 2.75) is 49.1 Å². The third-order valence-electron chi connectivity index (χ3n) is 5.13. The highest BCUT2D eigenvalue weighted by atomic mass is 32.2. The van der Waals surface area contributed by atoms with Crippen LogP contribution in [0.5, 0.6) is 0 Å². The van der Waals surface area contributed by atoms with Crippen LogP contribution in [-0.2, 0) is 14.8 Å².